The molecule has 0 aliphatic carbocycles. The number of hydrogen-bond acceptors (Lipinski definition) is 2. The van der Waals surface area contributed by atoms with Crippen LogP contribution in [0.25, 0.3) is 5.69 Å². The summed E-state index contributed by atoms with van der Waals surface area (Å²) in [5.41, 5.74) is 1.80. The van der Waals surface area contributed by atoms with Gasteiger partial charge in [0.15, 0.2) is 0 Å². The normalized spacial score (nSPS) is 12.6. The number of carboxylic acid groups (broad SMARTS) is 1. The third-order valence-corrected chi connectivity index (χ3v) is 3.23. The number of carbonyl (C=O) groups is 1. The largest absolute Gasteiger partial charge is 0.481 e. The molecule has 0 bridgehead atoms. The SMILES string of the molecule is CC(C)CC(Cc1ccn(-c2ccccc2)n1)C(=O)O. The first-order chi connectivity index (χ1) is 9.56. The molecule has 0 saturated carbocycles. The fourth-order valence-electron chi connectivity index (χ4n) is 2.29. The summed E-state index contributed by atoms with van der Waals surface area (Å²) in [4.78, 5) is 11.3. The van der Waals surface area contributed by atoms with Gasteiger partial charge in [-0.05, 0) is 30.5 Å². The van der Waals surface area contributed by atoms with Crippen LogP contribution in [0.3, 0.4) is 0 Å². The Kier molecular flexibility index (Phi) is 4.56. The summed E-state index contributed by atoms with van der Waals surface area (Å²) in [6.07, 6.45) is 3.03. The maximum atomic E-state index is 11.3. The lowest BCUT2D eigenvalue weighted by molar-refractivity contribution is -0.142. The van der Waals surface area contributed by atoms with Crippen LogP contribution >= 0.6 is 0 Å². The quantitative estimate of drug-likeness (QED) is 0.878. The molecule has 0 amide bonds. The van der Waals surface area contributed by atoms with Gasteiger partial charge < -0.3 is 5.11 Å². The summed E-state index contributed by atoms with van der Waals surface area (Å²) in [5, 5.41) is 13.7. The maximum Gasteiger partial charge on any atom is 0.306 e. The lowest BCUT2D eigenvalue weighted by atomic mass is 9.93. The number of nitrogens with zero attached hydrogens (tertiary/aromatic N) is 2. The van der Waals surface area contributed by atoms with E-state index in [1.165, 1.54) is 0 Å². The average molecular weight is 272 g/mol. The van der Waals surface area contributed by atoms with Crippen LogP contribution in [0, 0.1) is 11.8 Å². The predicted molar refractivity (Wildman–Crippen MR) is 77.8 cm³/mol. The van der Waals surface area contributed by atoms with Crippen molar-refractivity contribution in [2.24, 2.45) is 11.8 Å². The highest BCUT2D eigenvalue weighted by atomic mass is 16.4. The van der Waals surface area contributed by atoms with Crippen molar-refractivity contribution in [2.75, 3.05) is 0 Å². The second-order valence-corrected chi connectivity index (χ2v) is 5.46. The van der Waals surface area contributed by atoms with Gasteiger partial charge >= 0.3 is 5.97 Å². The van der Waals surface area contributed by atoms with E-state index in [1.807, 2.05) is 56.4 Å². The molecule has 20 heavy (non-hydrogen) atoms. The Bertz CT molecular complexity index is 561. The molecule has 0 saturated heterocycles. The summed E-state index contributed by atoms with van der Waals surface area (Å²) < 4.78 is 1.78. The van der Waals surface area contributed by atoms with Gasteiger partial charge in [0.05, 0.1) is 17.3 Å². The summed E-state index contributed by atoms with van der Waals surface area (Å²) in [7, 11) is 0. The molecule has 0 fully saturated rings. The lowest BCUT2D eigenvalue weighted by Gasteiger charge is -2.13. The van der Waals surface area contributed by atoms with Crippen LogP contribution in [0.5, 0.6) is 0 Å². The average Bonchev–Trinajstić information content (AvgIpc) is 2.87. The van der Waals surface area contributed by atoms with Gasteiger partial charge in [0.25, 0.3) is 0 Å². The second-order valence-electron chi connectivity index (χ2n) is 5.46. The van der Waals surface area contributed by atoms with E-state index in [4.69, 9.17) is 0 Å². The lowest BCUT2D eigenvalue weighted by Crippen LogP contribution is -2.19. The first kappa shape index (κ1) is 14.3. The Hall–Kier alpha value is -2.10. The zero-order valence-electron chi connectivity index (χ0n) is 11.9. The maximum absolute atomic E-state index is 11.3. The standard InChI is InChI=1S/C16H20N2O2/c1-12(2)10-13(16(19)20)11-14-8-9-18(17-14)15-6-4-3-5-7-15/h3-9,12-13H,10-11H2,1-2H3,(H,19,20). The molecule has 0 spiro atoms. The number of para-hydroxylation sites is 1. The number of aliphatic carboxylic acids is 1. The molecule has 1 aromatic carbocycles. The highest BCUT2D eigenvalue weighted by Crippen LogP contribution is 2.17. The smallest absolute Gasteiger partial charge is 0.306 e. The highest BCUT2D eigenvalue weighted by molar-refractivity contribution is 5.70. The number of carboxylic acids is 1. The molecular weight excluding hydrogens is 252 g/mol. The minimum absolute atomic E-state index is 0.367. The van der Waals surface area contributed by atoms with Crippen molar-refractivity contribution in [3.8, 4) is 5.69 Å². The van der Waals surface area contributed by atoms with E-state index in [-0.39, 0.29) is 5.92 Å². The summed E-state index contributed by atoms with van der Waals surface area (Å²) in [6.45, 7) is 4.08. The fourth-order valence-corrected chi connectivity index (χ4v) is 2.29. The summed E-state index contributed by atoms with van der Waals surface area (Å²) in [6, 6.07) is 11.7. The Morgan fingerprint density at radius 3 is 2.55 bits per heavy atom. The molecule has 4 heteroatoms. The van der Waals surface area contributed by atoms with Crippen molar-refractivity contribution < 1.29 is 9.90 Å². The van der Waals surface area contributed by atoms with Crippen molar-refractivity contribution in [3.05, 3.63) is 48.3 Å². The third kappa shape index (κ3) is 3.70. The summed E-state index contributed by atoms with van der Waals surface area (Å²) in [5.74, 6) is -0.741. The van der Waals surface area contributed by atoms with E-state index in [2.05, 4.69) is 5.10 Å². The molecule has 1 heterocycles. The van der Waals surface area contributed by atoms with Gasteiger partial charge in [-0.25, -0.2) is 4.68 Å². The van der Waals surface area contributed by atoms with Gasteiger partial charge in [-0.2, -0.15) is 5.10 Å². The number of aromatic nitrogens is 2. The van der Waals surface area contributed by atoms with E-state index >= 15 is 0 Å². The Morgan fingerprint density at radius 1 is 1.25 bits per heavy atom. The molecule has 2 aromatic rings. The number of rotatable bonds is 6. The predicted octanol–water partition coefficient (Wildman–Crippen LogP) is 3.16. The van der Waals surface area contributed by atoms with Gasteiger partial charge in [-0.3, -0.25) is 4.79 Å². The van der Waals surface area contributed by atoms with Crippen molar-refractivity contribution in [1.82, 2.24) is 9.78 Å². The zero-order valence-corrected chi connectivity index (χ0v) is 11.9. The Labute approximate surface area is 119 Å². The molecule has 1 N–H and O–H groups in total. The minimum atomic E-state index is -0.743. The zero-order chi connectivity index (χ0) is 14.5. The Balaban J connectivity index is 2.10. The summed E-state index contributed by atoms with van der Waals surface area (Å²) >= 11 is 0. The molecule has 0 aliphatic rings. The molecule has 1 atom stereocenters. The van der Waals surface area contributed by atoms with Crippen LogP contribution in [0.1, 0.15) is 26.0 Å². The first-order valence-corrected chi connectivity index (χ1v) is 6.89. The minimum Gasteiger partial charge on any atom is -0.481 e. The molecule has 1 aromatic heterocycles. The van der Waals surface area contributed by atoms with Gasteiger partial charge in [-0.15, -0.1) is 0 Å². The van der Waals surface area contributed by atoms with E-state index in [1.54, 1.807) is 4.68 Å². The van der Waals surface area contributed by atoms with Gasteiger partial charge in [0.2, 0.25) is 0 Å². The van der Waals surface area contributed by atoms with E-state index < -0.39 is 5.97 Å². The van der Waals surface area contributed by atoms with Crippen LogP contribution in [0.15, 0.2) is 42.6 Å². The molecule has 0 aliphatic heterocycles. The third-order valence-electron chi connectivity index (χ3n) is 3.23. The van der Waals surface area contributed by atoms with E-state index in [0.29, 0.717) is 18.8 Å². The second kappa shape index (κ2) is 6.37. The first-order valence-electron chi connectivity index (χ1n) is 6.89. The monoisotopic (exact) mass is 272 g/mol. The molecule has 2 rings (SSSR count). The Morgan fingerprint density at radius 2 is 1.95 bits per heavy atom. The van der Waals surface area contributed by atoms with Crippen LogP contribution in [-0.4, -0.2) is 20.9 Å². The van der Waals surface area contributed by atoms with E-state index in [9.17, 15) is 9.90 Å². The van der Waals surface area contributed by atoms with Crippen molar-refractivity contribution in [1.29, 1.82) is 0 Å². The highest BCUT2D eigenvalue weighted by Gasteiger charge is 2.20. The molecule has 0 radical (unpaired) electrons. The van der Waals surface area contributed by atoms with Gasteiger partial charge in [0, 0.05) is 12.6 Å². The van der Waals surface area contributed by atoms with Crippen molar-refractivity contribution in [2.45, 2.75) is 26.7 Å². The van der Waals surface area contributed by atoms with Gasteiger partial charge in [0.1, 0.15) is 0 Å². The van der Waals surface area contributed by atoms with Crippen molar-refractivity contribution in [3.63, 3.8) is 0 Å². The topological polar surface area (TPSA) is 55.1 Å². The van der Waals surface area contributed by atoms with Crippen molar-refractivity contribution >= 4 is 5.97 Å². The number of hydrogen-bond donors (Lipinski definition) is 1. The van der Waals surface area contributed by atoms with E-state index in [0.717, 1.165) is 11.4 Å². The van der Waals surface area contributed by atoms with Crippen LogP contribution < -0.4 is 0 Å². The molecular formula is C16H20N2O2. The van der Waals surface area contributed by atoms with Crippen LogP contribution in [0.4, 0.5) is 0 Å². The molecule has 106 valence electrons. The molecule has 1 unspecified atom stereocenters. The number of benzene rings is 1. The van der Waals surface area contributed by atoms with Crippen LogP contribution in [0.2, 0.25) is 0 Å². The van der Waals surface area contributed by atoms with Gasteiger partial charge in [-0.1, -0.05) is 32.0 Å². The fraction of sp³-hybridized carbons (Fsp3) is 0.375. The molecule has 4 nitrogen and oxygen atoms in total. The van der Waals surface area contributed by atoms with Crippen LogP contribution in [-0.2, 0) is 11.2 Å².